The molecule has 0 bridgehead atoms. The van der Waals surface area contributed by atoms with Gasteiger partial charge < -0.3 is 10.0 Å². The fourth-order valence-electron chi connectivity index (χ4n) is 2.57. The molecule has 120 valence electrons. The molecular formula is C15H16BrF2NO3. The first kappa shape index (κ1) is 16.9. The monoisotopic (exact) mass is 375 g/mol. The van der Waals surface area contributed by atoms with E-state index >= 15 is 0 Å². The Kier molecular flexibility index (Phi) is 5.16. The van der Waals surface area contributed by atoms with E-state index in [1.54, 1.807) is 13.0 Å². The second-order valence-electron chi connectivity index (χ2n) is 5.61. The number of aliphatic carboxylic acids is 1. The quantitative estimate of drug-likeness (QED) is 0.823. The van der Waals surface area contributed by atoms with Gasteiger partial charge in [-0.2, -0.15) is 0 Å². The number of carbonyl (C=O) groups excluding carboxylic acids is 1. The van der Waals surface area contributed by atoms with Crippen molar-refractivity contribution in [3.63, 3.8) is 0 Å². The first-order valence-electron chi connectivity index (χ1n) is 6.88. The van der Waals surface area contributed by atoms with Crippen LogP contribution in [0.5, 0.6) is 0 Å². The smallest absolute Gasteiger partial charge is 0.316 e. The van der Waals surface area contributed by atoms with Crippen LogP contribution in [0.3, 0.4) is 0 Å². The fraction of sp³-hybridized carbons (Fsp3) is 0.467. The van der Waals surface area contributed by atoms with Crippen LogP contribution in [0.25, 0.3) is 0 Å². The van der Waals surface area contributed by atoms with E-state index in [-0.39, 0.29) is 25.4 Å². The molecule has 1 unspecified atom stereocenters. The van der Waals surface area contributed by atoms with Gasteiger partial charge in [0.15, 0.2) is 0 Å². The second kappa shape index (κ2) is 6.73. The van der Waals surface area contributed by atoms with Crippen molar-refractivity contribution in [2.75, 3.05) is 13.1 Å². The number of rotatable bonds is 4. The van der Waals surface area contributed by atoms with Crippen LogP contribution in [0, 0.1) is 17.7 Å². The van der Waals surface area contributed by atoms with Crippen molar-refractivity contribution in [1.29, 1.82) is 0 Å². The van der Waals surface area contributed by atoms with Crippen LogP contribution in [-0.4, -0.2) is 41.1 Å². The molecule has 0 saturated carbocycles. The molecule has 1 heterocycles. The van der Waals surface area contributed by atoms with Crippen LogP contribution in [0.15, 0.2) is 22.7 Å². The summed E-state index contributed by atoms with van der Waals surface area (Å²) in [5.41, 5.74) is 0.400. The summed E-state index contributed by atoms with van der Waals surface area (Å²) in [6.07, 6.45) is -1.27. The fourth-order valence-corrected chi connectivity index (χ4v) is 3.08. The first-order valence-corrected chi connectivity index (χ1v) is 7.68. The molecule has 0 aromatic heterocycles. The van der Waals surface area contributed by atoms with Crippen LogP contribution < -0.4 is 0 Å². The average molecular weight is 376 g/mol. The highest BCUT2D eigenvalue weighted by molar-refractivity contribution is 9.10. The zero-order chi connectivity index (χ0) is 16.4. The van der Waals surface area contributed by atoms with Crippen LogP contribution >= 0.6 is 15.9 Å². The molecule has 1 saturated heterocycles. The van der Waals surface area contributed by atoms with E-state index in [0.717, 1.165) is 0 Å². The van der Waals surface area contributed by atoms with E-state index in [0.29, 0.717) is 10.0 Å². The van der Waals surface area contributed by atoms with Gasteiger partial charge >= 0.3 is 5.97 Å². The molecule has 0 aliphatic carbocycles. The van der Waals surface area contributed by atoms with Gasteiger partial charge in [-0.3, -0.25) is 9.59 Å². The van der Waals surface area contributed by atoms with E-state index in [1.807, 2.05) is 0 Å². The first-order chi connectivity index (χ1) is 10.3. The number of benzene rings is 1. The Morgan fingerprint density at radius 1 is 1.41 bits per heavy atom. The number of carboxylic acid groups (broad SMARTS) is 1. The summed E-state index contributed by atoms with van der Waals surface area (Å²) in [5, 5.41) is 9.29. The molecule has 1 fully saturated rings. The molecule has 2 rings (SSSR count). The number of nitrogens with zero attached hydrogens (tertiary/aromatic N) is 1. The second-order valence-corrected chi connectivity index (χ2v) is 6.52. The van der Waals surface area contributed by atoms with Crippen molar-refractivity contribution in [2.45, 2.75) is 19.5 Å². The molecule has 1 aromatic rings. The summed E-state index contributed by atoms with van der Waals surface area (Å²) in [5.74, 6) is -4.08. The van der Waals surface area contributed by atoms with E-state index in [9.17, 15) is 23.5 Å². The zero-order valence-corrected chi connectivity index (χ0v) is 13.5. The number of halogens is 3. The maximum Gasteiger partial charge on any atom is 0.316 e. The van der Waals surface area contributed by atoms with Crippen molar-refractivity contribution >= 4 is 27.8 Å². The van der Waals surface area contributed by atoms with Gasteiger partial charge in [-0.25, -0.2) is 8.78 Å². The molecule has 7 heteroatoms. The Balaban J connectivity index is 2.16. The van der Waals surface area contributed by atoms with Crippen LogP contribution in [0.2, 0.25) is 0 Å². The van der Waals surface area contributed by atoms with E-state index in [4.69, 9.17) is 0 Å². The predicted octanol–water partition coefficient (Wildman–Crippen LogP) is 2.65. The topological polar surface area (TPSA) is 57.6 Å². The Morgan fingerprint density at radius 3 is 2.59 bits per heavy atom. The lowest BCUT2D eigenvalue weighted by molar-refractivity contribution is -0.150. The average Bonchev–Trinajstić information content (AvgIpc) is 2.74. The molecule has 3 atom stereocenters. The summed E-state index contributed by atoms with van der Waals surface area (Å²) in [6.45, 7) is 1.80. The molecule has 22 heavy (non-hydrogen) atoms. The van der Waals surface area contributed by atoms with Gasteiger partial charge in [-0.15, -0.1) is 0 Å². The van der Waals surface area contributed by atoms with Gasteiger partial charge in [-0.05, 0) is 30.2 Å². The van der Waals surface area contributed by atoms with Gasteiger partial charge in [0.2, 0.25) is 5.91 Å². The van der Waals surface area contributed by atoms with Crippen molar-refractivity contribution in [1.82, 2.24) is 4.90 Å². The molecule has 1 aromatic carbocycles. The highest BCUT2D eigenvalue weighted by Crippen LogP contribution is 2.24. The summed E-state index contributed by atoms with van der Waals surface area (Å²) in [7, 11) is 0. The zero-order valence-electron chi connectivity index (χ0n) is 11.9. The minimum atomic E-state index is -1.34. The van der Waals surface area contributed by atoms with E-state index in [1.165, 1.54) is 17.0 Å². The van der Waals surface area contributed by atoms with Crippen molar-refractivity contribution in [3.8, 4) is 0 Å². The SMILES string of the molecule is C[C@@H]1CN(C(=O)C(Cc2cc(F)cc(Br)c2)C(=O)O)C[C@@H]1F. The molecule has 0 radical (unpaired) electrons. The Morgan fingerprint density at radius 2 is 2.09 bits per heavy atom. The molecular weight excluding hydrogens is 360 g/mol. The van der Waals surface area contributed by atoms with Gasteiger partial charge in [0.05, 0.1) is 6.54 Å². The minimum Gasteiger partial charge on any atom is -0.481 e. The maximum atomic E-state index is 13.5. The highest BCUT2D eigenvalue weighted by Gasteiger charge is 2.38. The summed E-state index contributed by atoms with van der Waals surface area (Å²) in [4.78, 5) is 25.0. The lowest BCUT2D eigenvalue weighted by atomic mass is 9.98. The van der Waals surface area contributed by atoms with Crippen molar-refractivity contribution < 1.29 is 23.5 Å². The number of carboxylic acids is 1. The minimum absolute atomic E-state index is 0.0867. The third-order valence-electron chi connectivity index (χ3n) is 3.79. The maximum absolute atomic E-state index is 13.5. The third kappa shape index (κ3) is 3.82. The summed E-state index contributed by atoms with van der Waals surface area (Å²) in [6, 6.07) is 4.01. The number of likely N-dealkylation sites (tertiary alicyclic amines) is 1. The Labute approximate surface area is 135 Å². The number of hydrogen-bond acceptors (Lipinski definition) is 2. The lowest BCUT2D eigenvalue weighted by Gasteiger charge is -2.20. The van der Waals surface area contributed by atoms with Crippen LogP contribution in [0.4, 0.5) is 8.78 Å². The van der Waals surface area contributed by atoms with Crippen molar-refractivity contribution in [3.05, 3.63) is 34.1 Å². The third-order valence-corrected chi connectivity index (χ3v) is 4.25. The van der Waals surface area contributed by atoms with Crippen molar-refractivity contribution in [2.24, 2.45) is 11.8 Å². The Hall–Kier alpha value is -1.50. The molecule has 1 amide bonds. The number of carbonyl (C=O) groups is 2. The Bertz CT molecular complexity index is 566. The van der Waals surface area contributed by atoms with Gasteiger partial charge in [0.1, 0.15) is 17.9 Å². The van der Waals surface area contributed by atoms with Crippen LogP contribution in [-0.2, 0) is 16.0 Å². The molecule has 1 aliphatic heterocycles. The standard InChI is InChI=1S/C15H16BrF2NO3/c1-8-6-19(7-13(8)18)14(20)12(15(21)22)4-9-2-10(16)5-11(17)3-9/h2-3,5,8,12-13H,4,6-7H2,1H3,(H,21,22)/t8-,12?,13+/m1/s1. The molecule has 0 spiro atoms. The molecule has 1 aliphatic rings. The van der Waals surface area contributed by atoms with Gasteiger partial charge in [-0.1, -0.05) is 22.9 Å². The molecule has 4 nitrogen and oxygen atoms in total. The van der Waals surface area contributed by atoms with E-state index in [2.05, 4.69) is 15.9 Å². The van der Waals surface area contributed by atoms with Gasteiger partial charge in [0.25, 0.3) is 0 Å². The lowest BCUT2D eigenvalue weighted by Crippen LogP contribution is -2.39. The summed E-state index contributed by atoms with van der Waals surface area (Å²) >= 11 is 3.13. The number of alkyl halides is 1. The van der Waals surface area contributed by atoms with Gasteiger partial charge in [0, 0.05) is 16.9 Å². The highest BCUT2D eigenvalue weighted by atomic mass is 79.9. The predicted molar refractivity (Wildman–Crippen MR) is 79.6 cm³/mol. The number of hydrogen-bond donors (Lipinski definition) is 1. The normalized spacial score (nSPS) is 22.6. The summed E-state index contributed by atoms with van der Waals surface area (Å²) < 4.78 is 27.4. The largest absolute Gasteiger partial charge is 0.481 e. The van der Waals surface area contributed by atoms with E-state index < -0.39 is 29.8 Å². The number of amides is 1. The molecule has 1 N–H and O–H groups in total. The van der Waals surface area contributed by atoms with Crippen LogP contribution in [0.1, 0.15) is 12.5 Å².